The number of unbranched alkanes of at least 4 members (excludes halogenated alkanes) is 3. The second-order valence-electron chi connectivity index (χ2n) is 4.39. The second-order valence-corrected chi connectivity index (χ2v) is 4.91. The van der Waals surface area contributed by atoms with Gasteiger partial charge in [-0.3, -0.25) is 4.79 Å². The highest BCUT2D eigenvalue weighted by atomic mass is 35.5. The number of hydrogen-bond donors (Lipinski definition) is 0. The summed E-state index contributed by atoms with van der Waals surface area (Å²) >= 11 is 6.03. The van der Waals surface area contributed by atoms with E-state index in [0.717, 1.165) is 18.4 Å². The van der Waals surface area contributed by atoms with Gasteiger partial charge in [-0.15, -0.1) is 11.6 Å². The molecule has 0 aliphatic rings. The summed E-state index contributed by atoms with van der Waals surface area (Å²) in [6.45, 7) is 2.64. The molecule has 0 aromatic heterocycles. The zero-order chi connectivity index (χ0) is 13.2. The van der Waals surface area contributed by atoms with Crippen LogP contribution in [0.15, 0.2) is 30.3 Å². The van der Waals surface area contributed by atoms with Crippen molar-refractivity contribution >= 4 is 17.6 Å². The molecule has 0 aliphatic carbocycles. The topological polar surface area (TPSA) is 26.3 Å². The Morgan fingerprint density at radius 1 is 1.22 bits per heavy atom. The van der Waals surface area contributed by atoms with Crippen molar-refractivity contribution in [1.82, 2.24) is 0 Å². The molecule has 0 bridgehead atoms. The van der Waals surface area contributed by atoms with Gasteiger partial charge in [-0.25, -0.2) is 0 Å². The third kappa shape index (κ3) is 6.06. The molecule has 1 aromatic carbocycles. The summed E-state index contributed by atoms with van der Waals surface area (Å²) in [5.41, 5.74) is 1.06. The maximum atomic E-state index is 11.6. The van der Waals surface area contributed by atoms with Crippen LogP contribution in [0.25, 0.3) is 0 Å². The Kier molecular flexibility index (Phi) is 7.51. The van der Waals surface area contributed by atoms with Crippen LogP contribution in [0.4, 0.5) is 0 Å². The first kappa shape index (κ1) is 15.0. The SMILES string of the molecule is CCCCCCOC(=O)[C@@H](Cl)Cc1ccccc1. The standard InChI is InChI=1S/C15H21ClO2/c1-2-3-4-8-11-18-15(17)14(16)12-13-9-6-5-7-10-13/h5-7,9-10,14H,2-4,8,11-12H2,1H3/t14-/m0/s1. The third-order valence-electron chi connectivity index (χ3n) is 2.76. The van der Waals surface area contributed by atoms with E-state index in [-0.39, 0.29) is 5.97 Å². The smallest absolute Gasteiger partial charge is 0.324 e. The summed E-state index contributed by atoms with van der Waals surface area (Å²) in [6, 6.07) is 9.75. The van der Waals surface area contributed by atoms with Crippen molar-refractivity contribution in [2.45, 2.75) is 44.4 Å². The highest BCUT2D eigenvalue weighted by molar-refractivity contribution is 6.30. The van der Waals surface area contributed by atoms with Gasteiger partial charge in [0.05, 0.1) is 6.61 Å². The van der Waals surface area contributed by atoms with Crippen LogP contribution in [0.3, 0.4) is 0 Å². The molecule has 0 saturated heterocycles. The molecule has 0 fully saturated rings. The van der Waals surface area contributed by atoms with E-state index in [1.807, 2.05) is 30.3 Å². The summed E-state index contributed by atoms with van der Waals surface area (Å²) < 4.78 is 5.15. The van der Waals surface area contributed by atoms with Crippen molar-refractivity contribution < 1.29 is 9.53 Å². The van der Waals surface area contributed by atoms with Crippen LogP contribution in [0.2, 0.25) is 0 Å². The van der Waals surface area contributed by atoms with Gasteiger partial charge in [0.15, 0.2) is 0 Å². The number of benzene rings is 1. The Hall–Kier alpha value is -1.02. The molecule has 1 atom stereocenters. The normalized spacial score (nSPS) is 12.1. The number of esters is 1. The molecule has 0 heterocycles. The quantitative estimate of drug-likeness (QED) is 0.405. The van der Waals surface area contributed by atoms with E-state index in [9.17, 15) is 4.79 Å². The Bertz CT molecular complexity index is 338. The van der Waals surface area contributed by atoms with Crippen molar-refractivity contribution in [2.24, 2.45) is 0 Å². The second kappa shape index (κ2) is 8.98. The predicted octanol–water partition coefficient (Wildman–Crippen LogP) is 3.96. The highest BCUT2D eigenvalue weighted by Gasteiger charge is 2.17. The summed E-state index contributed by atoms with van der Waals surface area (Å²) in [6.07, 6.45) is 4.92. The highest BCUT2D eigenvalue weighted by Crippen LogP contribution is 2.10. The first-order chi connectivity index (χ1) is 8.74. The third-order valence-corrected chi connectivity index (χ3v) is 3.09. The monoisotopic (exact) mass is 268 g/mol. The van der Waals surface area contributed by atoms with Crippen LogP contribution in [0, 0.1) is 0 Å². The van der Waals surface area contributed by atoms with E-state index in [4.69, 9.17) is 16.3 Å². The fourth-order valence-electron chi connectivity index (χ4n) is 1.70. The zero-order valence-corrected chi connectivity index (χ0v) is 11.7. The minimum Gasteiger partial charge on any atom is -0.465 e. The Balaban J connectivity index is 2.21. The molecule has 1 aromatic rings. The van der Waals surface area contributed by atoms with E-state index in [1.54, 1.807) is 0 Å². The van der Waals surface area contributed by atoms with Gasteiger partial charge < -0.3 is 4.74 Å². The van der Waals surface area contributed by atoms with Crippen LogP contribution >= 0.6 is 11.6 Å². The largest absolute Gasteiger partial charge is 0.465 e. The lowest BCUT2D eigenvalue weighted by atomic mass is 10.1. The molecule has 0 spiro atoms. The molecule has 100 valence electrons. The Labute approximate surface area is 114 Å². The van der Waals surface area contributed by atoms with Crippen LogP contribution in [0.1, 0.15) is 38.2 Å². The summed E-state index contributed by atoms with van der Waals surface area (Å²) in [5, 5.41) is -0.585. The molecule has 0 N–H and O–H groups in total. The van der Waals surface area contributed by atoms with Gasteiger partial charge in [-0.2, -0.15) is 0 Å². The Morgan fingerprint density at radius 3 is 2.61 bits per heavy atom. The average molecular weight is 269 g/mol. The first-order valence-corrected chi connectivity index (χ1v) is 7.02. The molecule has 1 rings (SSSR count). The number of halogens is 1. The van der Waals surface area contributed by atoms with E-state index in [1.165, 1.54) is 12.8 Å². The molecular formula is C15H21ClO2. The molecule has 0 saturated carbocycles. The van der Waals surface area contributed by atoms with E-state index in [0.29, 0.717) is 13.0 Å². The van der Waals surface area contributed by atoms with Gasteiger partial charge in [0.2, 0.25) is 0 Å². The first-order valence-electron chi connectivity index (χ1n) is 6.58. The number of ether oxygens (including phenoxy) is 1. The van der Waals surface area contributed by atoms with Gasteiger partial charge in [-0.05, 0) is 18.4 Å². The van der Waals surface area contributed by atoms with E-state index >= 15 is 0 Å². The maximum absolute atomic E-state index is 11.6. The van der Waals surface area contributed by atoms with E-state index in [2.05, 4.69) is 6.92 Å². The van der Waals surface area contributed by atoms with Crippen molar-refractivity contribution in [3.8, 4) is 0 Å². The zero-order valence-electron chi connectivity index (χ0n) is 10.9. The van der Waals surface area contributed by atoms with Gasteiger partial charge >= 0.3 is 5.97 Å². The van der Waals surface area contributed by atoms with Gasteiger partial charge in [-0.1, -0.05) is 56.5 Å². The molecule has 0 radical (unpaired) electrons. The lowest BCUT2D eigenvalue weighted by Gasteiger charge is -2.09. The van der Waals surface area contributed by atoms with Crippen LogP contribution in [-0.2, 0) is 16.0 Å². The molecule has 0 amide bonds. The molecule has 0 aliphatic heterocycles. The molecule has 18 heavy (non-hydrogen) atoms. The molecule has 0 unspecified atom stereocenters. The van der Waals surface area contributed by atoms with Crippen molar-refractivity contribution in [1.29, 1.82) is 0 Å². The van der Waals surface area contributed by atoms with Crippen molar-refractivity contribution in [2.75, 3.05) is 6.61 Å². The lowest BCUT2D eigenvalue weighted by molar-refractivity contribution is -0.143. The summed E-state index contributed by atoms with van der Waals surface area (Å²) in [7, 11) is 0. The minimum atomic E-state index is -0.585. The summed E-state index contributed by atoms with van der Waals surface area (Å²) in [4.78, 5) is 11.6. The number of carbonyl (C=O) groups is 1. The van der Waals surface area contributed by atoms with Gasteiger partial charge in [0.1, 0.15) is 5.38 Å². The average Bonchev–Trinajstić information content (AvgIpc) is 2.39. The number of hydrogen-bond acceptors (Lipinski definition) is 2. The maximum Gasteiger partial charge on any atom is 0.324 e. The fourth-order valence-corrected chi connectivity index (χ4v) is 1.94. The van der Waals surface area contributed by atoms with Gasteiger partial charge in [0, 0.05) is 0 Å². The summed E-state index contributed by atoms with van der Waals surface area (Å²) in [5.74, 6) is -0.308. The number of carbonyl (C=O) groups excluding carboxylic acids is 1. The molecular weight excluding hydrogens is 248 g/mol. The predicted molar refractivity (Wildman–Crippen MR) is 74.9 cm³/mol. The fraction of sp³-hybridized carbons (Fsp3) is 0.533. The molecule has 3 heteroatoms. The van der Waals surface area contributed by atoms with Crippen molar-refractivity contribution in [3.63, 3.8) is 0 Å². The number of rotatable bonds is 8. The molecule has 2 nitrogen and oxygen atoms in total. The lowest BCUT2D eigenvalue weighted by Crippen LogP contribution is -2.20. The minimum absolute atomic E-state index is 0.308. The van der Waals surface area contributed by atoms with Crippen LogP contribution < -0.4 is 0 Å². The number of alkyl halides is 1. The van der Waals surface area contributed by atoms with Crippen LogP contribution in [-0.4, -0.2) is 18.0 Å². The van der Waals surface area contributed by atoms with Crippen molar-refractivity contribution in [3.05, 3.63) is 35.9 Å². The van der Waals surface area contributed by atoms with Gasteiger partial charge in [0.25, 0.3) is 0 Å². The Morgan fingerprint density at radius 2 is 1.94 bits per heavy atom. The van der Waals surface area contributed by atoms with Crippen LogP contribution in [0.5, 0.6) is 0 Å². The van der Waals surface area contributed by atoms with E-state index < -0.39 is 5.38 Å².